The molecule has 1 aromatic heterocycles. The molecule has 3 atom stereocenters. The molecule has 18 heavy (non-hydrogen) atoms. The Balaban J connectivity index is 2.08. The van der Waals surface area contributed by atoms with Gasteiger partial charge in [0.15, 0.2) is 0 Å². The van der Waals surface area contributed by atoms with Crippen LogP contribution in [0.4, 0.5) is 5.69 Å². The average Bonchev–Trinajstić information content (AvgIpc) is 2.37. The Labute approximate surface area is 110 Å². The van der Waals surface area contributed by atoms with Crippen LogP contribution in [0.15, 0.2) is 18.3 Å². The maximum absolute atomic E-state index is 5.57. The first-order chi connectivity index (χ1) is 8.72. The molecule has 0 spiro atoms. The minimum atomic E-state index is 0.539. The number of ether oxygens (including phenoxy) is 1. The third kappa shape index (κ3) is 2.95. The molecule has 1 fully saturated rings. The molecule has 1 saturated carbocycles. The van der Waals surface area contributed by atoms with E-state index in [0.717, 1.165) is 17.5 Å². The van der Waals surface area contributed by atoms with Crippen LogP contribution in [0, 0.1) is 11.8 Å². The van der Waals surface area contributed by atoms with Crippen molar-refractivity contribution in [1.29, 1.82) is 0 Å². The standard InChI is InChI=1S/C15H24N2O/c1-4-18-15-14(9-6-10-16-15)17-13-8-5-7-11(2)12(13)3/h6,9-13,17H,4-5,7-8H2,1-3H3. The van der Waals surface area contributed by atoms with Crippen molar-refractivity contribution in [3.05, 3.63) is 18.3 Å². The Morgan fingerprint density at radius 3 is 3.00 bits per heavy atom. The van der Waals surface area contributed by atoms with E-state index in [-0.39, 0.29) is 0 Å². The molecule has 1 aromatic rings. The lowest BCUT2D eigenvalue weighted by atomic mass is 9.78. The van der Waals surface area contributed by atoms with Crippen molar-refractivity contribution in [3.63, 3.8) is 0 Å². The zero-order valence-electron chi connectivity index (χ0n) is 11.6. The van der Waals surface area contributed by atoms with Gasteiger partial charge in [-0.2, -0.15) is 0 Å². The molecule has 3 unspecified atom stereocenters. The second-order valence-corrected chi connectivity index (χ2v) is 5.31. The molecule has 100 valence electrons. The Kier molecular flexibility index (Phi) is 4.45. The van der Waals surface area contributed by atoms with Crippen molar-refractivity contribution >= 4 is 5.69 Å². The zero-order chi connectivity index (χ0) is 13.0. The third-order valence-electron chi connectivity index (χ3n) is 4.10. The number of aromatic nitrogens is 1. The molecule has 3 heteroatoms. The van der Waals surface area contributed by atoms with Gasteiger partial charge in [-0.3, -0.25) is 0 Å². The first-order valence-electron chi connectivity index (χ1n) is 7.06. The van der Waals surface area contributed by atoms with Crippen LogP contribution in [0.25, 0.3) is 0 Å². The molecule has 1 aliphatic rings. The van der Waals surface area contributed by atoms with Crippen LogP contribution < -0.4 is 10.1 Å². The fourth-order valence-corrected chi connectivity index (χ4v) is 2.74. The summed E-state index contributed by atoms with van der Waals surface area (Å²) < 4.78 is 5.57. The highest BCUT2D eigenvalue weighted by Crippen LogP contribution is 2.33. The lowest BCUT2D eigenvalue weighted by molar-refractivity contribution is 0.252. The van der Waals surface area contributed by atoms with Crippen LogP contribution in [-0.4, -0.2) is 17.6 Å². The summed E-state index contributed by atoms with van der Waals surface area (Å²) in [4.78, 5) is 4.29. The normalized spacial score (nSPS) is 27.8. The van der Waals surface area contributed by atoms with E-state index in [1.54, 1.807) is 6.20 Å². The Bertz CT molecular complexity index is 381. The fourth-order valence-electron chi connectivity index (χ4n) is 2.74. The molecule has 0 aromatic carbocycles. The Hall–Kier alpha value is -1.25. The van der Waals surface area contributed by atoms with E-state index in [1.807, 2.05) is 13.0 Å². The number of hydrogen-bond acceptors (Lipinski definition) is 3. The van der Waals surface area contributed by atoms with Gasteiger partial charge < -0.3 is 10.1 Å². The number of nitrogens with one attached hydrogen (secondary N) is 1. The number of rotatable bonds is 4. The van der Waals surface area contributed by atoms with E-state index in [9.17, 15) is 0 Å². The average molecular weight is 248 g/mol. The quantitative estimate of drug-likeness (QED) is 0.882. The summed E-state index contributed by atoms with van der Waals surface area (Å²) in [5.74, 6) is 2.22. The predicted octanol–water partition coefficient (Wildman–Crippen LogP) is 3.72. The number of nitrogens with zero attached hydrogens (tertiary/aromatic N) is 1. The second-order valence-electron chi connectivity index (χ2n) is 5.31. The third-order valence-corrected chi connectivity index (χ3v) is 4.10. The van der Waals surface area contributed by atoms with Gasteiger partial charge in [0.25, 0.3) is 0 Å². The molecule has 0 bridgehead atoms. The van der Waals surface area contributed by atoms with Gasteiger partial charge in [0, 0.05) is 12.2 Å². The second kappa shape index (κ2) is 6.07. The molecule has 0 radical (unpaired) electrons. The number of hydrogen-bond donors (Lipinski definition) is 1. The highest BCUT2D eigenvalue weighted by molar-refractivity contribution is 5.52. The minimum Gasteiger partial charge on any atom is -0.476 e. The SMILES string of the molecule is CCOc1ncccc1NC1CCCC(C)C1C. The van der Waals surface area contributed by atoms with Crippen LogP contribution in [0.3, 0.4) is 0 Å². The van der Waals surface area contributed by atoms with Crippen LogP contribution in [-0.2, 0) is 0 Å². The largest absolute Gasteiger partial charge is 0.476 e. The van der Waals surface area contributed by atoms with Crippen molar-refractivity contribution in [2.75, 3.05) is 11.9 Å². The summed E-state index contributed by atoms with van der Waals surface area (Å²) in [7, 11) is 0. The fraction of sp³-hybridized carbons (Fsp3) is 0.667. The summed E-state index contributed by atoms with van der Waals surface area (Å²) in [6, 6.07) is 4.56. The van der Waals surface area contributed by atoms with Gasteiger partial charge in [-0.1, -0.05) is 26.7 Å². The topological polar surface area (TPSA) is 34.1 Å². The highest BCUT2D eigenvalue weighted by atomic mass is 16.5. The van der Waals surface area contributed by atoms with Gasteiger partial charge in [0.05, 0.1) is 12.3 Å². The van der Waals surface area contributed by atoms with Gasteiger partial charge in [-0.05, 0) is 37.3 Å². The molecule has 0 aliphatic heterocycles. The molecular formula is C15H24N2O. The molecule has 0 amide bonds. The van der Waals surface area contributed by atoms with Crippen LogP contribution in [0.1, 0.15) is 40.0 Å². The zero-order valence-corrected chi connectivity index (χ0v) is 11.6. The molecule has 2 rings (SSSR count). The van der Waals surface area contributed by atoms with Crippen molar-refractivity contribution in [1.82, 2.24) is 4.98 Å². The van der Waals surface area contributed by atoms with E-state index in [0.29, 0.717) is 18.6 Å². The summed E-state index contributed by atoms with van der Waals surface area (Å²) >= 11 is 0. The summed E-state index contributed by atoms with van der Waals surface area (Å²) in [6.45, 7) is 7.34. The molecule has 0 saturated heterocycles. The van der Waals surface area contributed by atoms with Crippen molar-refractivity contribution in [2.45, 2.75) is 46.1 Å². The van der Waals surface area contributed by atoms with E-state index in [4.69, 9.17) is 4.74 Å². The van der Waals surface area contributed by atoms with Gasteiger partial charge in [0.1, 0.15) is 0 Å². The highest BCUT2D eigenvalue weighted by Gasteiger charge is 2.27. The van der Waals surface area contributed by atoms with Gasteiger partial charge in [0.2, 0.25) is 5.88 Å². The predicted molar refractivity (Wildman–Crippen MR) is 75.0 cm³/mol. The van der Waals surface area contributed by atoms with Crippen molar-refractivity contribution in [3.8, 4) is 5.88 Å². The van der Waals surface area contributed by atoms with Crippen molar-refractivity contribution in [2.24, 2.45) is 11.8 Å². The first kappa shape index (κ1) is 13.2. The summed E-state index contributed by atoms with van der Waals surface area (Å²) in [5, 5.41) is 3.63. The number of pyridine rings is 1. The van der Waals surface area contributed by atoms with Crippen LogP contribution in [0.5, 0.6) is 5.88 Å². The molecule has 1 heterocycles. The maximum Gasteiger partial charge on any atom is 0.237 e. The van der Waals surface area contributed by atoms with Gasteiger partial charge in [-0.25, -0.2) is 4.98 Å². The minimum absolute atomic E-state index is 0.539. The van der Waals surface area contributed by atoms with E-state index >= 15 is 0 Å². The molecule has 3 nitrogen and oxygen atoms in total. The van der Waals surface area contributed by atoms with Gasteiger partial charge >= 0.3 is 0 Å². The van der Waals surface area contributed by atoms with E-state index in [1.165, 1.54) is 19.3 Å². The van der Waals surface area contributed by atoms with Crippen LogP contribution >= 0.6 is 0 Å². The van der Waals surface area contributed by atoms with Crippen LogP contribution in [0.2, 0.25) is 0 Å². The summed E-state index contributed by atoms with van der Waals surface area (Å²) in [5.41, 5.74) is 1.03. The maximum atomic E-state index is 5.57. The lowest BCUT2D eigenvalue weighted by Gasteiger charge is -2.35. The summed E-state index contributed by atoms with van der Waals surface area (Å²) in [6.07, 6.45) is 5.69. The monoisotopic (exact) mass is 248 g/mol. The Morgan fingerprint density at radius 1 is 1.39 bits per heavy atom. The smallest absolute Gasteiger partial charge is 0.237 e. The molecule has 1 N–H and O–H groups in total. The Morgan fingerprint density at radius 2 is 2.22 bits per heavy atom. The molecular weight excluding hydrogens is 224 g/mol. The first-order valence-corrected chi connectivity index (χ1v) is 7.06. The lowest BCUT2D eigenvalue weighted by Crippen LogP contribution is -2.35. The van der Waals surface area contributed by atoms with E-state index < -0.39 is 0 Å². The number of anilines is 1. The van der Waals surface area contributed by atoms with Crippen molar-refractivity contribution < 1.29 is 4.74 Å². The van der Waals surface area contributed by atoms with E-state index in [2.05, 4.69) is 30.2 Å². The van der Waals surface area contributed by atoms with Gasteiger partial charge in [-0.15, -0.1) is 0 Å². The molecule has 1 aliphatic carbocycles.